The van der Waals surface area contributed by atoms with Crippen molar-refractivity contribution in [3.63, 3.8) is 0 Å². The smallest absolute Gasteiger partial charge is 0.294 e. The van der Waals surface area contributed by atoms with Crippen LogP contribution in [0.2, 0.25) is 0 Å². The van der Waals surface area contributed by atoms with Gasteiger partial charge in [0, 0.05) is 47.5 Å². The van der Waals surface area contributed by atoms with Crippen LogP contribution >= 0.6 is 0 Å². The van der Waals surface area contributed by atoms with Gasteiger partial charge in [-0.05, 0) is 75.1 Å². The maximum Gasteiger partial charge on any atom is 0.294 e. The highest BCUT2D eigenvalue weighted by molar-refractivity contribution is 7.86. The van der Waals surface area contributed by atoms with Gasteiger partial charge < -0.3 is 4.90 Å². The Bertz CT molecular complexity index is 2350. The van der Waals surface area contributed by atoms with Crippen LogP contribution in [0.3, 0.4) is 0 Å². The standard InChI is InChI=1S/C35H44N2O12S4/c1-34(2)28-24-26(52(44,45)46)16-18-30(28)36(20-10-12-22-50(38,39)40)32(34)14-8-6-5-7-9-15-33-35(3,4)29-25-27(53(47,48)49)17-19-31(29)37(33)21-11-13-23-51(41,42)43/h5-9,14-19,24-25H,10-13,20-23H2,1-4H3,(H3-,38,39,40,41,42,43,44,45,46,47,48,49)/p+1. The van der Waals surface area contributed by atoms with Crippen LogP contribution in [0.15, 0.2) is 94.4 Å². The molecule has 2 aromatic rings. The van der Waals surface area contributed by atoms with E-state index in [4.69, 9.17) is 9.11 Å². The van der Waals surface area contributed by atoms with Gasteiger partial charge in [0.15, 0.2) is 5.71 Å². The average molecular weight is 814 g/mol. The number of anilines is 1. The molecule has 0 fully saturated rings. The minimum atomic E-state index is -4.46. The monoisotopic (exact) mass is 813 g/mol. The zero-order valence-electron chi connectivity index (χ0n) is 29.7. The molecule has 0 unspecified atom stereocenters. The molecular formula is C35H45N2O12S4+. The summed E-state index contributed by atoms with van der Waals surface area (Å²) < 4.78 is 132. The number of rotatable bonds is 16. The van der Waals surface area contributed by atoms with E-state index in [0.29, 0.717) is 48.4 Å². The van der Waals surface area contributed by atoms with Gasteiger partial charge in [0.05, 0.1) is 26.7 Å². The van der Waals surface area contributed by atoms with E-state index in [2.05, 4.69) is 0 Å². The summed E-state index contributed by atoms with van der Waals surface area (Å²) in [6.45, 7) is 8.38. The SMILES string of the molecule is CC1(C)C(=CC=CC=CC=CC2=[N+](CCCCS(=O)(=O)O)c3ccc(S(=O)(=O)O)cc3C2(C)C)N(CCCCS(=O)(=O)O)c2ccc(S(=O)(=O)O)cc21. The Balaban J connectivity index is 1.60. The Labute approximate surface area is 311 Å². The topological polar surface area (TPSA) is 224 Å². The maximum atomic E-state index is 11.9. The second-order valence-corrected chi connectivity index (χ2v) is 19.9. The highest BCUT2D eigenvalue weighted by Gasteiger charge is 2.45. The van der Waals surface area contributed by atoms with Gasteiger partial charge in [-0.15, -0.1) is 0 Å². The summed E-state index contributed by atoms with van der Waals surface area (Å²) >= 11 is 0. The minimum Gasteiger partial charge on any atom is -0.344 e. The Morgan fingerprint density at radius 1 is 0.642 bits per heavy atom. The third kappa shape index (κ3) is 10.4. The van der Waals surface area contributed by atoms with E-state index in [1.165, 1.54) is 24.3 Å². The molecule has 290 valence electrons. The van der Waals surface area contributed by atoms with Crippen molar-refractivity contribution in [3.05, 3.63) is 95.8 Å². The van der Waals surface area contributed by atoms with Crippen molar-refractivity contribution in [1.82, 2.24) is 0 Å². The molecule has 2 heterocycles. The van der Waals surface area contributed by atoms with Crippen LogP contribution in [0.4, 0.5) is 11.4 Å². The number of hydrogen-bond acceptors (Lipinski definition) is 9. The first-order valence-corrected chi connectivity index (χ1v) is 22.7. The van der Waals surface area contributed by atoms with Gasteiger partial charge in [0.2, 0.25) is 5.69 Å². The van der Waals surface area contributed by atoms with Crippen LogP contribution in [0.5, 0.6) is 0 Å². The van der Waals surface area contributed by atoms with Gasteiger partial charge in [-0.1, -0.05) is 44.2 Å². The first-order chi connectivity index (χ1) is 24.3. The molecule has 0 amide bonds. The van der Waals surface area contributed by atoms with Crippen LogP contribution in [-0.2, 0) is 51.3 Å². The lowest BCUT2D eigenvalue weighted by Crippen LogP contribution is -2.28. The lowest BCUT2D eigenvalue weighted by atomic mass is 9.81. The maximum absolute atomic E-state index is 11.9. The molecule has 4 N–H and O–H groups in total. The molecule has 14 nitrogen and oxygen atoms in total. The van der Waals surface area contributed by atoms with Crippen LogP contribution in [-0.4, -0.2) is 86.8 Å². The molecule has 0 spiro atoms. The number of nitrogens with zero attached hydrogens (tertiary/aromatic N) is 2. The second-order valence-electron chi connectivity index (χ2n) is 13.9. The third-order valence-corrected chi connectivity index (χ3v) is 12.7. The molecule has 0 aromatic heterocycles. The van der Waals surface area contributed by atoms with Crippen molar-refractivity contribution in [2.45, 2.75) is 74.0 Å². The molecule has 0 aliphatic carbocycles. The summed E-state index contributed by atoms with van der Waals surface area (Å²) in [6, 6.07) is 8.65. The highest BCUT2D eigenvalue weighted by atomic mass is 32.2. The molecule has 0 bridgehead atoms. The van der Waals surface area contributed by atoms with Crippen molar-refractivity contribution < 1.29 is 56.5 Å². The zero-order valence-corrected chi connectivity index (χ0v) is 33.0. The molecule has 0 atom stereocenters. The van der Waals surface area contributed by atoms with Crippen LogP contribution < -0.4 is 4.90 Å². The quantitative estimate of drug-likeness (QED) is 0.0738. The third-order valence-electron chi connectivity index (χ3n) is 9.34. The van der Waals surface area contributed by atoms with Gasteiger partial charge in [0.1, 0.15) is 6.54 Å². The second kappa shape index (κ2) is 15.7. The van der Waals surface area contributed by atoms with Crippen LogP contribution in [0, 0.1) is 0 Å². The summed E-state index contributed by atoms with van der Waals surface area (Å²) in [6.07, 6.45) is 13.9. The van der Waals surface area contributed by atoms with Gasteiger partial charge in [-0.3, -0.25) is 18.2 Å². The normalized spacial score (nSPS) is 18.3. The largest absolute Gasteiger partial charge is 0.344 e. The fourth-order valence-electron chi connectivity index (χ4n) is 6.71. The molecular weight excluding hydrogens is 769 g/mol. The lowest BCUT2D eigenvalue weighted by molar-refractivity contribution is -0.438. The number of hydrogen-bond donors (Lipinski definition) is 4. The zero-order chi connectivity index (χ0) is 39.6. The van der Waals surface area contributed by atoms with Gasteiger partial charge in [0.25, 0.3) is 40.5 Å². The molecule has 2 aliphatic heterocycles. The molecule has 2 aromatic carbocycles. The molecule has 0 saturated heterocycles. The van der Waals surface area contributed by atoms with Crippen molar-refractivity contribution in [1.29, 1.82) is 0 Å². The predicted molar refractivity (Wildman–Crippen MR) is 203 cm³/mol. The molecule has 18 heteroatoms. The fraction of sp³-hybridized carbons (Fsp3) is 0.400. The summed E-state index contributed by atoms with van der Waals surface area (Å²) in [4.78, 5) is 1.46. The fourth-order valence-corrected chi connectivity index (χ4v) is 8.86. The van der Waals surface area contributed by atoms with Gasteiger partial charge >= 0.3 is 0 Å². The summed E-state index contributed by atoms with van der Waals surface area (Å²) in [7, 11) is -17.2. The minimum absolute atomic E-state index is 0.205. The van der Waals surface area contributed by atoms with E-state index in [1.807, 2.05) is 49.3 Å². The van der Waals surface area contributed by atoms with Crippen molar-refractivity contribution in [2.24, 2.45) is 0 Å². The van der Waals surface area contributed by atoms with Crippen molar-refractivity contribution in [2.75, 3.05) is 29.5 Å². The molecule has 0 radical (unpaired) electrons. The van der Waals surface area contributed by atoms with Crippen LogP contribution in [0.1, 0.15) is 64.5 Å². The number of unbranched alkanes of at least 4 members (excludes halogenated alkanes) is 2. The van der Waals surface area contributed by atoms with E-state index in [9.17, 15) is 42.8 Å². The molecule has 2 aliphatic rings. The van der Waals surface area contributed by atoms with E-state index in [-0.39, 0.29) is 22.6 Å². The first-order valence-electron chi connectivity index (χ1n) is 16.6. The number of allylic oxidation sites excluding steroid dienone is 8. The summed E-state index contributed by atoms with van der Waals surface area (Å²) in [5.74, 6) is -0.786. The molecule has 4 rings (SSSR count). The Morgan fingerprint density at radius 3 is 1.75 bits per heavy atom. The predicted octanol–water partition coefficient (Wildman–Crippen LogP) is 5.24. The van der Waals surface area contributed by atoms with Crippen LogP contribution in [0.25, 0.3) is 0 Å². The highest BCUT2D eigenvalue weighted by Crippen LogP contribution is 2.48. The number of fused-ring (bicyclic) bond motifs is 2. The van der Waals surface area contributed by atoms with Crippen molar-refractivity contribution in [3.8, 4) is 0 Å². The average Bonchev–Trinajstić information content (AvgIpc) is 3.36. The number of benzene rings is 2. The summed E-state index contributed by atoms with van der Waals surface area (Å²) in [5, 5.41) is 0. The Kier molecular flexibility index (Phi) is 12.5. The van der Waals surface area contributed by atoms with E-state index >= 15 is 0 Å². The first kappa shape index (κ1) is 42.3. The van der Waals surface area contributed by atoms with E-state index in [0.717, 1.165) is 11.4 Å². The molecule has 53 heavy (non-hydrogen) atoms. The van der Waals surface area contributed by atoms with Gasteiger partial charge in [-0.25, -0.2) is 0 Å². The Morgan fingerprint density at radius 2 is 1.17 bits per heavy atom. The summed E-state index contributed by atoms with van der Waals surface area (Å²) in [5.41, 5.74) is 2.91. The van der Waals surface area contributed by atoms with Crippen molar-refractivity contribution >= 4 is 57.6 Å². The van der Waals surface area contributed by atoms with Gasteiger partial charge in [-0.2, -0.15) is 38.2 Å². The van der Waals surface area contributed by atoms with E-state index < -0.39 is 62.8 Å². The lowest BCUT2D eigenvalue weighted by Gasteiger charge is -2.27. The van der Waals surface area contributed by atoms with E-state index in [1.54, 1.807) is 42.5 Å². The molecule has 0 saturated carbocycles. The Hall–Kier alpha value is -3.49.